The Labute approximate surface area is 140 Å². The highest BCUT2D eigenvalue weighted by molar-refractivity contribution is 6.03. The SMILES string of the molecule is O=C(Nc1cccc2c(=O)[nH][nH]c(=O)c12)[C@@H]1C[C@H]1c1cccc(F)c1. The molecule has 1 fully saturated rings. The quantitative estimate of drug-likeness (QED) is 0.682. The maximum absolute atomic E-state index is 13.3. The monoisotopic (exact) mass is 339 g/mol. The van der Waals surface area contributed by atoms with Crippen molar-refractivity contribution >= 4 is 22.4 Å². The van der Waals surface area contributed by atoms with Gasteiger partial charge in [0.05, 0.1) is 16.5 Å². The van der Waals surface area contributed by atoms with E-state index in [0.29, 0.717) is 12.1 Å². The van der Waals surface area contributed by atoms with E-state index in [1.54, 1.807) is 24.3 Å². The zero-order valence-corrected chi connectivity index (χ0v) is 13.0. The van der Waals surface area contributed by atoms with E-state index in [-0.39, 0.29) is 34.3 Å². The number of H-pyrrole nitrogens is 2. The van der Waals surface area contributed by atoms with Gasteiger partial charge in [-0.15, -0.1) is 0 Å². The number of carbonyl (C=O) groups excluding carboxylic acids is 1. The van der Waals surface area contributed by atoms with Gasteiger partial charge in [-0.25, -0.2) is 4.39 Å². The lowest BCUT2D eigenvalue weighted by Gasteiger charge is -2.08. The van der Waals surface area contributed by atoms with E-state index in [1.807, 2.05) is 0 Å². The number of carbonyl (C=O) groups is 1. The van der Waals surface area contributed by atoms with E-state index in [0.717, 1.165) is 5.56 Å². The lowest BCUT2D eigenvalue weighted by atomic mass is 10.1. The zero-order valence-electron chi connectivity index (χ0n) is 13.0. The number of halogens is 1. The third-order valence-electron chi connectivity index (χ3n) is 4.49. The van der Waals surface area contributed by atoms with Crippen LogP contribution < -0.4 is 16.4 Å². The Morgan fingerprint density at radius 1 is 1.08 bits per heavy atom. The van der Waals surface area contributed by atoms with Crippen molar-refractivity contribution in [1.82, 2.24) is 10.2 Å². The summed E-state index contributed by atoms with van der Waals surface area (Å²) in [6.45, 7) is 0. The molecule has 4 rings (SSSR count). The van der Waals surface area contributed by atoms with Gasteiger partial charge in [0, 0.05) is 5.92 Å². The Morgan fingerprint density at radius 3 is 2.64 bits per heavy atom. The molecule has 25 heavy (non-hydrogen) atoms. The van der Waals surface area contributed by atoms with Gasteiger partial charge in [0.25, 0.3) is 11.1 Å². The van der Waals surface area contributed by atoms with Gasteiger partial charge in [0.15, 0.2) is 0 Å². The van der Waals surface area contributed by atoms with Crippen molar-refractivity contribution in [2.75, 3.05) is 5.32 Å². The summed E-state index contributed by atoms with van der Waals surface area (Å²) >= 11 is 0. The topological polar surface area (TPSA) is 94.8 Å². The van der Waals surface area contributed by atoms with Crippen molar-refractivity contribution < 1.29 is 9.18 Å². The smallest absolute Gasteiger partial charge is 0.272 e. The van der Waals surface area contributed by atoms with Crippen LogP contribution in [0.2, 0.25) is 0 Å². The fourth-order valence-electron chi connectivity index (χ4n) is 3.15. The van der Waals surface area contributed by atoms with Crippen molar-refractivity contribution in [3.63, 3.8) is 0 Å². The van der Waals surface area contributed by atoms with Gasteiger partial charge in [-0.3, -0.25) is 24.6 Å². The molecule has 0 spiro atoms. The first-order valence-electron chi connectivity index (χ1n) is 7.84. The summed E-state index contributed by atoms with van der Waals surface area (Å²) in [6, 6.07) is 10.9. The summed E-state index contributed by atoms with van der Waals surface area (Å²) in [6.07, 6.45) is 0.622. The predicted octanol–water partition coefficient (Wildman–Crippen LogP) is 2.10. The van der Waals surface area contributed by atoms with E-state index in [4.69, 9.17) is 0 Å². The number of aromatic nitrogens is 2. The van der Waals surface area contributed by atoms with E-state index in [9.17, 15) is 18.8 Å². The molecule has 2 aromatic carbocycles. The highest BCUT2D eigenvalue weighted by atomic mass is 19.1. The maximum Gasteiger partial charge on any atom is 0.272 e. The van der Waals surface area contributed by atoms with Crippen LogP contribution in [0, 0.1) is 11.7 Å². The molecule has 1 amide bonds. The number of anilines is 1. The van der Waals surface area contributed by atoms with Crippen LogP contribution in [0.4, 0.5) is 10.1 Å². The van der Waals surface area contributed by atoms with Gasteiger partial charge in [0.2, 0.25) is 5.91 Å². The van der Waals surface area contributed by atoms with Crippen LogP contribution in [-0.2, 0) is 4.79 Å². The lowest BCUT2D eigenvalue weighted by Crippen LogP contribution is -2.22. The van der Waals surface area contributed by atoms with Crippen molar-refractivity contribution in [3.8, 4) is 0 Å². The second-order valence-electron chi connectivity index (χ2n) is 6.13. The number of hydrogen-bond acceptors (Lipinski definition) is 3. The molecular weight excluding hydrogens is 325 g/mol. The molecule has 0 bridgehead atoms. The first-order valence-corrected chi connectivity index (χ1v) is 7.84. The van der Waals surface area contributed by atoms with Gasteiger partial charge in [-0.1, -0.05) is 18.2 Å². The van der Waals surface area contributed by atoms with Crippen molar-refractivity contribution in [1.29, 1.82) is 0 Å². The van der Waals surface area contributed by atoms with E-state index in [1.165, 1.54) is 18.2 Å². The maximum atomic E-state index is 13.3. The third-order valence-corrected chi connectivity index (χ3v) is 4.49. The Bertz CT molecular complexity index is 1100. The van der Waals surface area contributed by atoms with Crippen LogP contribution in [0.1, 0.15) is 17.9 Å². The molecule has 126 valence electrons. The molecule has 1 saturated carbocycles. The molecule has 0 radical (unpaired) electrons. The van der Waals surface area contributed by atoms with E-state index in [2.05, 4.69) is 15.5 Å². The fourth-order valence-corrected chi connectivity index (χ4v) is 3.15. The number of amides is 1. The van der Waals surface area contributed by atoms with E-state index >= 15 is 0 Å². The summed E-state index contributed by atoms with van der Waals surface area (Å²) in [7, 11) is 0. The van der Waals surface area contributed by atoms with Crippen LogP contribution in [-0.4, -0.2) is 16.1 Å². The fraction of sp³-hybridized carbons (Fsp3) is 0.167. The number of benzene rings is 2. The lowest BCUT2D eigenvalue weighted by molar-refractivity contribution is -0.117. The summed E-state index contributed by atoms with van der Waals surface area (Å²) in [4.78, 5) is 36.3. The average Bonchev–Trinajstić information content (AvgIpc) is 3.39. The average molecular weight is 339 g/mol. The summed E-state index contributed by atoms with van der Waals surface area (Å²) in [5.41, 5.74) is 0.157. The minimum atomic E-state index is -0.483. The first kappa shape index (κ1) is 15.3. The molecule has 1 aromatic heterocycles. The minimum Gasteiger partial charge on any atom is -0.325 e. The van der Waals surface area contributed by atoms with Crippen molar-refractivity contribution in [2.45, 2.75) is 12.3 Å². The molecule has 2 atom stereocenters. The normalized spacial score (nSPS) is 18.9. The molecular formula is C18H14FN3O3. The van der Waals surface area contributed by atoms with E-state index < -0.39 is 11.1 Å². The highest BCUT2D eigenvalue weighted by Crippen LogP contribution is 2.48. The number of rotatable bonds is 3. The minimum absolute atomic E-state index is 0.0348. The van der Waals surface area contributed by atoms with Gasteiger partial charge < -0.3 is 5.32 Å². The summed E-state index contributed by atoms with van der Waals surface area (Å²) in [5.74, 6) is -0.893. The Hall–Kier alpha value is -3.22. The second kappa shape index (κ2) is 5.70. The van der Waals surface area contributed by atoms with Gasteiger partial charge in [0.1, 0.15) is 5.82 Å². The largest absolute Gasteiger partial charge is 0.325 e. The third kappa shape index (κ3) is 2.73. The van der Waals surface area contributed by atoms with Gasteiger partial charge in [-0.2, -0.15) is 0 Å². The number of aromatic amines is 2. The molecule has 3 N–H and O–H groups in total. The predicted molar refractivity (Wildman–Crippen MR) is 91.1 cm³/mol. The van der Waals surface area contributed by atoms with Crippen LogP contribution >= 0.6 is 0 Å². The van der Waals surface area contributed by atoms with Crippen LogP contribution in [0.25, 0.3) is 10.8 Å². The summed E-state index contributed by atoms with van der Waals surface area (Å²) < 4.78 is 13.3. The highest BCUT2D eigenvalue weighted by Gasteiger charge is 2.44. The molecule has 0 saturated heterocycles. The van der Waals surface area contributed by atoms with Gasteiger partial charge >= 0.3 is 0 Å². The number of fused-ring (bicyclic) bond motifs is 1. The Balaban J connectivity index is 1.61. The van der Waals surface area contributed by atoms with Crippen molar-refractivity contribution in [3.05, 3.63) is 74.6 Å². The van der Waals surface area contributed by atoms with Crippen LogP contribution in [0.3, 0.4) is 0 Å². The molecule has 6 nitrogen and oxygen atoms in total. The summed E-state index contributed by atoms with van der Waals surface area (Å²) in [5, 5.41) is 7.58. The molecule has 0 unspecified atom stereocenters. The van der Waals surface area contributed by atoms with Crippen LogP contribution in [0.15, 0.2) is 52.1 Å². The Kier molecular flexibility index (Phi) is 3.49. The molecule has 3 aromatic rings. The molecule has 1 heterocycles. The van der Waals surface area contributed by atoms with Crippen LogP contribution in [0.5, 0.6) is 0 Å². The van der Waals surface area contributed by atoms with Gasteiger partial charge in [-0.05, 0) is 42.2 Å². The zero-order chi connectivity index (χ0) is 17.6. The molecule has 1 aliphatic carbocycles. The van der Waals surface area contributed by atoms with Crippen molar-refractivity contribution in [2.24, 2.45) is 5.92 Å². The number of hydrogen-bond donors (Lipinski definition) is 3. The molecule has 7 heteroatoms. The second-order valence-corrected chi connectivity index (χ2v) is 6.13. The number of nitrogens with one attached hydrogen (secondary N) is 3. The first-order chi connectivity index (χ1) is 12.0. The standard InChI is InChI=1S/C18H14FN3O3/c19-10-4-1-3-9(7-10)12-8-13(12)16(23)20-14-6-2-5-11-15(14)18(25)22-21-17(11)24/h1-7,12-13H,8H2,(H,20,23)(H,21,24)(H,22,25)/t12-,13+/m0/s1. The Morgan fingerprint density at radius 2 is 1.84 bits per heavy atom. The molecule has 1 aliphatic rings. The molecule has 0 aliphatic heterocycles.